The fourth-order valence-electron chi connectivity index (χ4n) is 0.617. The van der Waals surface area contributed by atoms with Gasteiger partial charge in [-0.2, -0.15) is 0 Å². The standard InChI is InChI=1S/C5H10S2.C3H8O/c1-6-4-3-5-7(6)2;1-2-3-4/h1-5H2;4H,2-3H2,1H3. The first-order valence-corrected chi connectivity index (χ1v) is 7.49. The molecule has 0 aliphatic carbocycles. The van der Waals surface area contributed by atoms with Crippen LogP contribution in [0.25, 0.3) is 0 Å². The Morgan fingerprint density at radius 1 is 1.27 bits per heavy atom. The van der Waals surface area contributed by atoms with Gasteiger partial charge in [0.05, 0.1) is 0 Å². The van der Waals surface area contributed by atoms with Gasteiger partial charge in [-0.15, -0.1) is 19.0 Å². The fourth-order valence-corrected chi connectivity index (χ4v) is 4.32. The molecular formula is C8H18OS2. The molecule has 11 heavy (non-hydrogen) atoms. The zero-order valence-corrected chi connectivity index (χ0v) is 8.85. The summed E-state index contributed by atoms with van der Waals surface area (Å²) >= 11 is 0. The van der Waals surface area contributed by atoms with Crippen LogP contribution in [0.5, 0.6) is 0 Å². The van der Waals surface area contributed by atoms with E-state index < -0.39 is 0 Å². The van der Waals surface area contributed by atoms with Crippen LogP contribution in [0.1, 0.15) is 19.8 Å². The van der Waals surface area contributed by atoms with Crippen LogP contribution < -0.4 is 0 Å². The molecule has 1 saturated heterocycles. The Morgan fingerprint density at radius 3 is 1.73 bits per heavy atom. The van der Waals surface area contributed by atoms with E-state index in [1.54, 1.807) is 0 Å². The summed E-state index contributed by atoms with van der Waals surface area (Å²) in [6.07, 6.45) is 2.25. The summed E-state index contributed by atoms with van der Waals surface area (Å²) in [5.41, 5.74) is 0. The van der Waals surface area contributed by atoms with Crippen molar-refractivity contribution in [3.63, 3.8) is 0 Å². The van der Waals surface area contributed by atoms with Crippen LogP contribution in [0.15, 0.2) is 0 Å². The first kappa shape index (κ1) is 11.4. The van der Waals surface area contributed by atoms with E-state index in [9.17, 15) is 0 Å². The molecule has 0 radical (unpaired) electrons. The van der Waals surface area contributed by atoms with Crippen molar-refractivity contribution in [2.75, 3.05) is 18.1 Å². The van der Waals surface area contributed by atoms with Crippen molar-refractivity contribution in [2.45, 2.75) is 19.8 Å². The molecule has 1 heterocycles. The quantitative estimate of drug-likeness (QED) is 0.500. The summed E-state index contributed by atoms with van der Waals surface area (Å²) < 4.78 is 0. The van der Waals surface area contributed by atoms with Gasteiger partial charge in [0.1, 0.15) is 0 Å². The number of hydrogen-bond donors (Lipinski definition) is 1. The highest BCUT2D eigenvalue weighted by Crippen LogP contribution is 2.41. The molecule has 1 aliphatic heterocycles. The highest BCUT2D eigenvalue weighted by molar-refractivity contribution is 8.89. The van der Waals surface area contributed by atoms with Crippen molar-refractivity contribution in [3.8, 4) is 0 Å². The van der Waals surface area contributed by atoms with E-state index in [0.29, 0.717) is 25.6 Å². The van der Waals surface area contributed by atoms with E-state index in [2.05, 4.69) is 11.7 Å². The van der Waals surface area contributed by atoms with Crippen LogP contribution in [-0.4, -0.2) is 35.0 Å². The molecule has 1 rings (SSSR count). The van der Waals surface area contributed by atoms with Gasteiger partial charge in [-0.05, 0) is 24.3 Å². The van der Waals surface area contributed by atoms with Crippen LogP contribution in [0.3, 0.4) is 0 Å². The van der Waals surface area contributed by atoms with Crippen LogP contribution in [0, 0.1) is 0 Å². The Morgan fingerprint density at radius 2 is 1.64 bits per heavy atom. The summed E-state index contributed by atoms with van der Waals surface area (Å²) in [6.45, 7) is 2.25. The van der Waals surface area contributed by atoms with Crippen molar-refractivity contribution in [1.29, 1.82) is 0 Å². The summed E-state index contributed by atoms with van der Waals surface area (Å²) in [7, 11) is 0.898. The minimum absolute atomic E-state index is 0.319. The molecule has 0 saturated carbocycles. The average Bonchev–Trinajstić information content (AvgIpc) is 2.37. The minimum Gasteiger partial charge on any atom is -0.396 e. The first-order chi connectivity index (χ1) is 5.22. The number of rotatable bonds is 1. The van der Waals surface area contributed by atoms with Gasteiger partial charge < -0.3 is 5.11 Å². The van der Waals surface area contributed by atoms with E-state index in [-0.39, 0.29) is 0 Å². The lowest BCUT2D eigenvalue weighted by atomic mass is 10.5. The van der Waals surface area contributed by atoms with Crippen molar-refractivity contribution in [2.24, 2.45) is 0 Å². The molecule has 0 spiro atoms. The average molecular weight is 194 g/mol. The maximum atomic E-state index is 7.88. The van der Waals surface area contributed by atoms with Gasteiger partial charge in [0, 0.05) is 6.61 Å². The Hall–Kier alpha value is 0.400. The Balaban J connectivity index is 0.000000218. The maximum Gasteiger partial charge on any atom is 0.0428 e. The normalized spacial score (nSPS) is 29.3. The zero-order valence-electron chi connectivity index (χ0n) is 7.21. The van der Waals surface area contributed by atoms with Crippen molar-refractivity contribution >= 4 is 30.8 Å². The molecule has 0 bridgehead atoms. The van der Waals surface area contributed by atoms with Crippen molar-refractivity contribution in [1.82, 2.24) is 0 Å². The number of aliphatic hydroxyl groups is 1. The molecule has 2 atom stereocenters. The second kappa shape index (κ2) is 7.07. The topological polar surface area (TPSA) is 20.2 Å². The maximum absolute atomic E-state index is 7.88. The monoisotopic (exact) mass is 194 g/mol. The smallest absolute Gasteiger partial charge is 0.0428 e. The molecule has 1 fully saturated rings. The highest BCUT2D eigenvalue weighted by atomic mass is 33.1. The molecule has 3 heteroatoms. The lowest BCUT2D eigenvalue weighted by Crippen LogP contribution is -1.69. The number of aliphatic hydroxyl groups excluding tert-OH is 1. The van der Waals surface area contributed by atoms with E-state index in [1.165, 1.54) is 17.9 Å². The Bertz CT molecular complexity index is 127. The first-order valence-electron chi connectivity index (χ1n) is 3.84. The Kier molecular flexibility index (Phi) is 7.33. The molecule has 0 aromatic carbocycles. The third kappa shape index (κ3) is 5.65. The SMILES string of the molecule is C=S1CCCS1=C.CCCO. The molecule has 0 aromatic rings. The van der Waals surface area contributed by atoms with Gasteiger partial charge in [0.25, 0.3) is 0 Å². The molecule has 1 N–H and O–H groups in total. The van der Waals surface area contributed by atoms with Gasteiger partial charge >= 0.3 is 0 Å². The van der Waals surface area contributed by atoms with E-state index in [1.807, 2.05) is 6.92 Å². The molecule has 0 aromatic heterocycles. The molecule has 1 aliphatic rings. The predicted molar refractivity (Wildman–Crippen MR) is 61.2 cm³/mol. The Labute approximate surface area is 74.1 Å². The lowest BCUT2D eigenvalue weighted by molar-refractivity contribution is 0.295. The van der Waals surface area contributed by atoms with E-state index in [0.717, 1.165) is 6.42 Å². The zero-order chi connectivity index (χ0) is 8.69. The highest BCUT2D eigenvalue weighted by Gasteiger charge is 2.04. The van der Waals surface area contributed by atoms with E-state index in [4.69, 9.17) is 5.11 Å². The summed E-state index contributed by atoms with van der Waals surface area (Å²) in [4.78, 5) is 0. The predicted octanol–water partition coefficient (Wildman–Crippen LogP) is 2.10. The van der Waals surface area contributed by atoms with Crippen LogP contribution in [0.4, 0.5) is 0 Å². The number of hydrogen-bond acceptors (Lipinski definition) is 1. The second-order valence-corrected chi connectivity index (χ2v) is 7.77. The van der Waals surface area contributed by atoms with Crippen LogP contribution in [-0.2, 0) is 0 Å². The van der Waals surface area contributed by atoms with E-state index >= 15 is 0 Å². The van der Waals surface area contributed by atoms with Gasteiger partial charge in [-0.3, -0.25) is 0 Å². The molecular weight excluding hydrogens is 176 g/mol. The molecule has 2 unspecified atom stereocenters. The minimum atomic E-state index is 0.319. The third-order valence-corrected chi connectivity index (χ3v) is 6.46. The summed E-state index contributed by atoms with van der Waals surface area (Å²) in [5, 5.41) is 7.88. The van der Waals surface area contributed by atoms with Gasteiger partial charge in [0.2, 0.25) is 0 Å². The third-order valence-electron chi connectivity index (χ3n) is 1.30. The van der Waals surface area contributed by atoms with Gasteiger partial charge in [0.15, 0.2) is 0 Å². The largest absolute Gasteiger partial charge is 0.396 e. The van der Waals surface area contributed by atoms with Crippen LogP contribution in [0.2, 0.25) is 0 Å². The van der Waals surface area contributed by atoms with Crippen molar-refractivity contribution in [3.05, 3.63) is 0 Å². The van der Waals surface area contributed by atoms with Crippen LogP contribution >= 0.6 is 19.0 Å². The molecule has 68 valence electrons. The second-order valence-electron chi connectivity index (χ2n) is 2.37. The van der Waals surface area contributed by atoms with Crippen molar-refractivity contribution < 1.29 is 5.11 Å². The molecule has 1 nitrogen and oxygen atoms in total. The molecule has 0 amide bonds. The van der Waals surface area contributed by atoms with Gasteiger partial charge in [-0.25, -0.2) is 0 Å². The fraction of sp³-hybridized carbons (Fsp3) is 0.750. The summed E-state index contributed by atoms with van der Waals surface area (Å²) in [6, 6.07) is 0. The van der Waals surface area contributed by atoms with Gasteiger partial charge in [-0.1, -0.05) is 18.7 Å². The summed E-state index contributed by atoms with van der Waals surface area (Å²) in [5.74, 6) is 10.7. The lowest BCUT2D eigenvalue weighted by Gasteiger charge is -1.93.